The molecule has 0 radical (unpaired) electrons. The van der Waals surface area contributed by atoms with Crippen molar-refractivity contribution < 1.29 is 9.18 Å². The Bertz CT molecular complexity index is 599. The fourth-order valence-corrected chi connectivity index (χ4v) is 2.47. The van der Waals surface area contributed by atoms with Crippen LogP contribution in [0, 0.1) is 5.92 Å². The second-order valence-corrected chi connectivity index (χ2v) is 6.00. The van der Waals surface area contributed by atoms with Crippen LogP contribution in [0.3, 0.4) is 0 Å². The van der Waals surface area contributed by atoms with E-state index in [1.807, 2.05) is 7.05 Å². The average molecular weight is 329 g/mol. The minimum atomic E-state index is -0.272. The lowest BCUT2D eigenvalue weighted by Crippen LogP contribution is -2.09. The van der Waals surface area contributed by atoms with Gasteiger partial charge < -0.3 is 10.1 Å². The van der Waals surface area contributed by atoms with E-state index in [1.165, 1.54) is 42.7 Å². The van der Waals surface area contributed by atoms with E-state index in [9.17, 15) is 9.18 Å². The topological polar surface area (TPSA) is 29.1 Å². The maximum atomic E-state index is 12.7. The van der Waals surface area contributed by atoms with Crippen molar-refractivity contribution in [3.8, 4) is 0 Å². The van der Waals surface area contributed by atoms with Gasteiger partial charge in [0.05, 0.1) is 0 Å². The Labute approximate surface area is 145 Å². The Balaban J connectivity index is 0.000000240. The summed E-state index contributed by atoms with van der Waals surface area (Å²) < 4.78 is 12.7. The molecular formula is C21H28FNO. The second-order valence-electron chi connectivity index (χ2n) is 6.00. The molecule has 1 aliphatic carbocycles. The summed E-state index contributed by atoms with van der Waals surface area (Å²) in [4.78, 5) is 10.5. The van der Waals surface area contributed by atoms with Gasteiger partial charge in [-0.2, -0.15) is 0 Å². The molecule has 0 saturated heterocycles. The number of unbranched alkanes of at least 4 members (excludes halogenated alkanes) is 1. The van der Waals surface area contributed by atoms with Crippen molar-refractivity contribution in [3.63, 3.8) is 0 Å². The summed E-state index contributed by atoms with van der Waals surface area (Å²) in [6.07, 6.45) is 7.86. The van der Waals surface area contributed by atoms with Crippen molar-refractivity contribution in [1.82, 2.24) is 0 Å². The predicted molar refractivity (Wildman–Crippen MR) is 101 cm³/mol. The summed E-state index contributed by atoms with van der Waals surface area (Å²) >= 11 is 0. The van der Waals surface area contributed by atoms with Crippen LogP contribution in [0.15, 0.2) is 60.0 Å². The molecule has 1 unspecified atom stereocenters. The number of allylic oxidation sites excluding steroid dienone is 5. The molecular weight excluding hydrogens is 301 g/mol. The Morgan fingerprint density at radius 2 is 2.04 bits per heavy atom. The van der Waals surface area contributed by atoms with Crippen molar-refractivity contribution in [2.45, 2.75) is 39.5 Å². The van der Waals surface area contributed by atoms with Crippen molar-refractivity contribution >= 4 is 12.0 Å². The van der Waals surface area contributed by atoms with E-state index in [0.717, 1.165) is 11.9 Å². The van der Waals surface area contributed by atoms with E-state index in [0.29, 0.717) is 12.0 Å². The van der Waals surface area contributed by atoms with Gasteiger partial charge >= 0.3 is 0 Å². The third-order valence-corrected chi connectivity index (χ3v) is 3.98. The first-order valence-corrected chi connectivity index (χ1v) is 8.46. The lowest BCUT2D eigenvalue weighted by Gasteiger charge is -2.16. The highest BCUT2D eigenvalue weighted by molar-refractivity contribution is 5.64. The van der Waals surface area contributed by atoms with Crippen LogP contribution in [0.1, 0.15) is 38.7 Å². The van der Waals surface area contributed by atoms with Gasteiger partial charge in [0.25, 0.3) is 0 Å². The van der Waals surface area contributed by atoms with Gasteiger partial charge in [-0.05, 0) is 61.6 Å². The van der Waals surface area contributed by atoms with E-state index >= 15 is 0 Å². The summed E-state index contributed by atoms with van der Waals surface area (Å²) in [6.45, 7) is 7.69. The maximum Gasteiger partial charge on any atom is 0.127 e. The molecule has 0 heterocycles. The lowest BCUT2D eigenvalue weighted by atomic mass is 9.88. The minimum Gasteiger partial charge on any atom is -0.388 e. The molecule has 130 valence electrons. The highest BCUT2D eigenvalue weighted by Gasteiger charge is 2.17. The quantitative estimate of drug-likeness (QED) is 0.685. The molecule has 1 atom stereocenters. The first-order valence-electron chi connectivity index (χ1n) is 8.46. The predicted octanol–water partition coefficient (Wildman–Crippen LogP) is 5.63. The van der Waals surface area contributed by atoms with Crippen molar-refractivity contribution in [2.75, 3.05) is 12.4 Å². The lowest BCUT2D eigenvalue weighted by molar-refractivity contribution is -0.110. The largest absolute Gasteiger partial charge is 0.388 e. The zero-order chi connectivity index (χ0) is 17.9. The number of hydrogen-bond donors (Lipinski definition) is 1. The Kier molecular flexibility index (Phi) is 8.77. The first kappa shape index (κ1) is 19.9. The zero-order valence-corrected chi connectivity index (χ0v) is 14.9. The van der Waals surface area contributed by atoms with Gasteiger partial charge in [0.15, 0.2) is 0 Å². The van der Waals surface area contributed by atoms with Crippen LogP contribution in [-0.2, 0) is 11.2 Å². The van der Waals surface area contributed by atoms with Crippen LogP contribution in [-0.4, -0.2) is 13.3 Å². The molecule has 0 saturated carbocycles. The van der Waals surface area contributed by atoms with Crippen molar-refractivity contribution in [1.29, 1.82) is 0 Å². The van der Waals surface area contributed by atoms with Gasteiger partial charge in [0.2, 0.25) is 0 Å². The Morgan fingerprint density at radius 1 is 1.38 bits per heavy atom. The third kappa shape index (κ3) is 6.53. The number of nitrogens with one attached hydrogen (secondary N) is 1. The first-order chi connectivity index (χ1) is 11.5. The molecule has 2 nitrogen and oxygen atoms in total. The summed E-state index contributed by atoms with van der Waals surface area (Å²) in [7, 11) is 1.95. The second kappa shape index (κ2) is 10.6. The third-order valence-electron chi connectivity index (χ3n) is 3.98. The van der Waals surface area contributed by atoms with E-state index in [-0.39, 0.29) is 11.7 Å². The number of carbonyl (C=O) groups is 1. The molecule has 2 rings (SSSR count). The standard InChI is InChI=1S/C11H17N.C10H11FO/c1-3-4-5-10-6-8-11(12-2)9-7-10;1-7(2)10-5-9(11)4-3-8(10)6-12/h6-9,12H,3-5H2,1-2H3;4-6,8H,1,3H2,2H3. The summed E-state index contributed by atoms with van der Waals surface area (Å²) in [5.41, 5.74) is 4.10. The average Bonchev–Trinajstić information content (AvgIpc) is 2.60. The highest BCUT2D eigenvalue weighted by atomic mass is 19.1. The molecule has 1 aromatic carbocycles. The SMILES string of the molecule is C=C(C)C1=CC(F)=CCC1C=O.CCCCc1ccc(NC)cc1. The zero-order valence-electron chi connectivity index (χ0n) is 14.9. The van der Waals surface area contributed by atoms with Crippen LogP contribution < -0.4 is 5.32 Å². The van der Waals surface area contributed by atoms with E-state index in [2.05, 4.69) is 43.1 Å². The molecule has 0 aliphatic heterocycles. The molecule has 1 aromatic rings. The molecule has 3 heteroatoms. The monoisotopic (exact) mass is 329 g/mol. The molecule has 24 heavy (non-hydrogen) atoms. The Morgan fingerprint density at radius 3 is 2.54 bits per heavy atom. The molecule has 1 N–H and O–H groups in total. The van der Waals surface area contributed by atoms with Gasteiger partial charge in [0, 0.05) is 18.7 Å². The normalized spacial score (nSPS) is 16.2. The smallest absolute Gasteiger partial charge is 0.127 e. The fourth-order valence-electron chi connectivity index (χ4n) is 2.47. The van der Waals surface area contributed by atoms with Crippen LogP contribution in [0.25, 0.3) is 0 Å². The maximum absolute atomic E-state index is 12.7. The van der Waals surface area contributed by atoms with Crippen molar-refractivity contribution in [2.24, 2.45) is 5.92 Å². The van der Waals surface area contributed by atoms with E-state index in [1.54, 1.807) is 6.92 Å². The van der Waals surface area contributed by atoms with Gasteiger partial charge in [-0.15, -0.1) is 0 Å². The number of rotatable bonds is 6. The number of halogens is 1. The van der Waals surface area contributed by atoms with Crippen LogP contribution in [0.5, 0.6) is 0 Å². The van der Waals surface area contributed by atoms with Gasteiger partial charge in [-0.3, -0.25) is 0 Å². The summed E-state index contributed by atoms with van der Waals surface area (Å²) in [6, 6.07) is 8.65. The number of aryl methyl sites for hydroxylation is 1. The molecule has 0 aromatic heterocycles. The highest BCUT2D eigenvalue weighted by Crippen LogP contribution is 2.27. The van der Waals surface area contributed by atoms with Crippen LogP contribution >= 0.6 is 0 Å². The molecule has 0 amide bonds. The number of carbonyl (C=O) groups excluding carboxylic acids is 1. The number of hydrogen-bond acceptors (Lipinski definition) is 2. The summed E-state index contributed by atoms with van der Waals surface area (Å²) in [5.74, 6) is -0.479. The fraction of sp³-hybridized carbons (Fsp3) is 0.381. The molecule has 0 spiro atoms. The number of benzene rings is 1. The van der Waals surface area contributed by atoms with Crippen LogP contribution in [0.4, 0.5) is 10.1 Å². The molecule has 1 aliphatic rings. The van der Waals surface area contributed by atoms with E-state index in [4.69, 9.17) is 0 Å². The van der Waals surface area contributed by atoms with E-state index < -0.39 is 0 Å². The number of anilines is 1. The molecule has 0 bridgehead atoms. The van der Waals surface area contributed by atoms with Crippen molar-refractivity contribution in [3.05, 3.63) is 65.5 Å². The molecule has 0 fully saturated rings. The minimum absolute atomic E-state index is 0.206. The summed E-state index contributed by atoms with van der Waals surface area (Å²) in [5, 5.41) is 3.11. The Hall–Kier alpha value is -2.16. The van der Waals surface area contributed by atoms with Gasteiger partial charge in [-0.1, -0.05) is 37.6 Å². The number of aldehydes is 1. The van der Waals surface area contributed by atoms with Gasteiger partial charge in [-0.25, -0.2) is 4.39 Å². The van der Waals surface area contributed by atoms with Crippen LogP contribution in [0.2, 0.25) is 0 Å². The van der Waals surface area contributed by atoms with Gasteiger partial charge in [0.1, 0.15) is 12.1 Å².